The lowest BCUT2D eigenvalue weighted by atomic mass is 10.2. The molecule has 0 heterocycles. The highest BCUT2D eigenvalue weighted by Gasteiger charge is 2.15. The Morgan fingerprint density at radius 3 is 2.25 bits per heavy atom. The molecular weight excluding hydrogens is 178 g/mol. The van der Waals surface area contributed by atoms with E-state index in [1.54, 1.807) is 0 Å². The Labute approximate surface area is 83.3 Å². The van der Waals surface area contributed by atoms with Crippen molar-refractivity contribution in [3.63, 3.8) is 0 Å². The highest BCUT2D eigenvalue weighted by molar-refractivity contribution is 6.75. The summed E-state index contributed by atoms with van der Waals surface area (Å²) < 4.78 is 0. The van der Waals surface area contributed by atoms with Gasteiger partial charge < -0.3 is 5.32 Å². The Morgan fingerprint density at radius 2 is 1.83 bits per heavy atom. The fourth-order valence-electron chi connectivity index (χ4n) is 1.61. The van der Waals surface area contributed by atoms with Gasteiger partial charge in [0.2, 0.25) is 0 Å². The van der Waals surface area contributed by atoms with E-state index in [-0.39, 0.29) is 0 Å². The largest absolute Gasteiger partial charge is 0.312 e. The lowest BCUT2D eigenvalue weighted by molar-refractivity contribution is 0.442. The third-order valence-electron chi connectivity index (χ3n) is 2.49. The van der Waals surface area contributed by atoms with Gasteiger partial charge in [0.25, 0.3) is 0 Å². The first kappa shape index (κ1) is 12.4. The normalized spacial score (nSPS) is 20.5. The molecule has 1 N–H and O–H groups in total. The van der Waals surface area contributed by atoms with Crippen molar-refractivity contribution in [1.82, 2.24) is 5.32 Å². The van der Waals surface area contributed by atoms with Crippen molar-refractivity contribution >= 4 is 19.5 Å². The van der Waals surface area contributed by atoms with Gasteiger partial charge in [0, 0.05) is 12.1 Å². The van der Waals surface area contributed by atoms with Crippen LogP contribution < -0.4 is 5.32 Å². The van der Waals surface area contributed by atoms with Gasteiger partial charge in [-0.1, -0.05) is 19.8 Å². The van der Waals surface area contributed by atoms with Gasteiger partial charge in [0.15, 0.2) is 0 Å². The van der Waals surface area contributed by atoms with Gasteiger partial charge in [-0.05, 0) is 45.7 Å². The van der Waals surface area contributed by atoms with Crippen LogP contribution >= 0.6 is 0 Å². The zero-order chi connectivity index (χ0) is 9.40. The summed E-state index contributed by atoms with van der Waals surface area (Å²) in [6.07, 6.45) is 6.95. The van der Waals surface area contributed by atoms with Crippen LogP contribution in [0.3, 0.4) is 0 Å². The lowest BCUT2D eigenvalue weighted by Gasteiger charge is -2.16. The van der Waals surface area contributed by atoms with Gasteiger partial charge in [-0.2, -0.15) is 0 Å². The molecule has 12 heavy (non-hydrogen) atoms. The van der Waals surface area contributed by atoms with Crippen LogP contribution in [0.2, 0.25) is 0 Å². The summed E-state index contributed by atoms with van der Waals surface area (Å²) in [5.74, 6) is 0. The SMILES string of the molecule is CCC(C)NC1CCCC1.[SiH3][SiH3]. The summed E-state index contributed by atoms with van der Waals surface area (Å²) in [7, 11) is 2.89. The van der Waals surface area contributed by atoms with E-state index < -0.39 is 0 Å². The Morgan fingerprint density at radius 1 is 1.33 bits per heavy atom. The van der Waals surface area contributed by atoms with Crippen molar-refractivity contribution in [1.29, 1.82) is 0 Å². The van der Waals surface area contributed by atoms with Crippen LogP contribution in [0.1, 0.15) is 46.0 Å². The predicted octanol–water partition coefficient (Wildman–Crippen LogP) is -0.0507. The number of hydrogen-bond acceptors (Lipinski definition) is 1. The van der Waals surface area contributed by atoms with E-state index in [4.69, 9.17) is 0 Å². The Kier molecular flexibility index (Phi) is 8.28. The van der Waals surface area contributed by atoms with Crippen LogP contribution in [0.25, 0.3) is 0 Å². The predicted molar refractivity (Wildman–Crippen MR) is 65.0 cm³/mol. The summed E-state index contributed by atoms with van der Waals surface area (Å²) in [6.45, 7) is 4.52. The van der Waals surface area contributed by atoms with Crippen LogP contribution in [0.5, 0.6) is 0 Å². The molecule has 0 spiro atoms. The molecule has 1 fully saturated rings. The van der Waals surface area contributed by atoms with Crippen molar-refractivity contribution < 1.29 is 0 Å². The van der Waals surface area contributed by atoms with Gasteiger partial charge in [0.05, 0.1) is 0 Å². The second-order valence-corrected chi connectivity index (χ2v) is 3.46. The standard InChI is InChI=1S/C9H19N.H6Si2/c1-3-8(2)10-9-6-4-5-7-9;1-2/h8-10H,3-7H2,1-2H3;1-2H3. The molecule has 1 rings (SSSR count). The molecule has 1 atom stereocenters. The minimum Gasteiger partial charge on any atom is -0.312 e. The fourth-order valence-corrected chi connectivity index (χ4v) is 1.61. The van der Waals surface area contributed by atoms with E-state index in [0.29, 0.717) is 0 Å². The summed E-state index contributed by atoms with van der Waals surface area (Å²) in [5, 5.41) is 3.63. The van der Waals surface area contributed by atoms with E-state index >= 15 is 0 Å². The van der Waals surface area contributed by atoms with Crippen LogP contribution in [0, 0.1) is 0 Å². The van der Waals surface area contributed by atoms with Crippen LogP contribution in [-0.2, 0) is 0 Å². The molecule has 0 saturated heterocycles. The zero-order valence-corrected chi connectivity index (χ0v) is 13.2. The Hall–Kier alpha value is 0.394. The lowest BCUT2D eigenvalue weighted by Crippen LogP contribution is -2.33. The van der Waals surface area contributed by atoms with Crippen molar-refractivity contribution in [3.05, 3.63) is 0 Å². The molecule has 1 nitrogen and oxygen atoms in total. The van der Waals surface area contributed by atoms with E-state index in [1.165, 1.54) is 51.6 Å². The highest BCUT2D eigenvalue weighted by Crippen LogP contribution is 2.18. The smallest absolute Gasteiger partial charge is 0.00695 e. The number of hydrogen-bond donors (Lipinski definition) is 1. The summed E-state index contributed by atoms with van der Waals surface area (Å²) >= 11 is 0. The number of nitrogens with one attached hydrogen (secondary N) is 1. The minimum absolute atomic E-state index is 0.725. The van der Waals surface area contributed by atoms with E-state index in [2.05, 4.69) is 19.2 Å². The molecule has 1 saturated carbocycles. The first-order valence-corrected chi connectivity index (χ1v) is 13.6. The molecule has 1 aliphatic carbocycles. The first-order valence-electron chi connectivity index (χ1n) is 5.59. The topological polar surface area (TPSA) is 12.0 Å². The molecule has 0 radical (unpaired) electrons. The highest BCUT2D eigenvalue weighted by atomic mass is 29.1. The molecule has 0 aromatic carbocycles. The Bertz CT molecular complexity index is 92.5. The zero-order valence-electron chi connectivity index (χ0n) is 9.19. The molecule has 0 aromatic heterocycles. The maximum absolute atomic E-state index is 3.63. The van der Waals surface area contributed by atoms with E-state index in [9.17, 15) is 0 Å². The minimum atomic E-state index is 0.725. The van der Waals surface area contributed by atoms with Crippen molar-refractivity contribution in [2.24, 2.45) is 0 Å². The fraction of sp³-hybridized carbons (Fsp3) is 1.00. The van der Waals surface area contributed by atoms with Gasteiger partial charge in [0.1, 0.15) is 0 Å². The summed E-state index contributed by atoms with van der Waals surface area (Å²) in [6, 6.07) is 1.57. The molecular formula is C9H25NSi2. The quantitative estimate of drug-likeness (QED) is 0.634. The molecule has 0 aromatic rings. The molecule has 0 amide bonds. The third-order valence-corrected chi connectivity index (χ3v) is 2.49. The maximum Gasteiger partial charge on any atom is 0.00695 e. The van der Waals surface area contributed by atoms with Crippen LogP contribution in [0.15, 0.2) is 0 Å². The van der Waals surface area contributed by atoms with Crippen LogP contribution in [-0.4, -0.2) is 31.6 Å². The van der Waals surface area contributed by atoms with Gasteiger partial charge in [-0.25, -0.2) is 0 Å². The van der Waals surface area contributed by atoms with Crippen LogP contribution in [0.4, 0.5) is 0 Å². The van der Waals surface area contributed by atoms with Gasteiger partial charge in [-0.3, -0.25) is 0 Å². The molecule has 0 bridgehead atoms. The maximum atomic E-state index is 3.63. The number of rotatable bonds is 3. The second kappa shape index (κ2) is 8.01. The average molecular weight is 203 g/mol. The van der Waals surface area contributed by atoms with E-state index in [0.717, 1.165) is 12.1 Å². The van der Waals surface area contributed by atoms with E-state index in [1.807, 2.05) is 0 Å². The second-order valence-electron chi connectivity index (χ2n) is 3.46. The average Bonchev–Trinajstić information content (AvgIpc) is 2.60. The van der Waals surface area contributed by atoms with Gasteiger partial charge >= 0.3 is 0 Å². The monoisotopic (exact) mass is 203 g/mol. The molecule has 1 aliphatic rings. The van der Waals surface area contributed by atoms with Crippen molar-refractivity contribution in [2.45, 2.75) is 58.0 Å². The summed E-state index contributed by atoms with van der Waals surface area (Å²) in [5.41, 5.74) is 0. The van der Waals surface area contributed by atoms with Gasteiger partial charge in [-0.15, -0.1) is 0 Å². The third kappa shape index (κ3) is 5.11. The molecule has 74 valence electrons. The first-order chi connectivity index (χ1) is 5.83. The van der Waals surface area contributed by atoms with Crippen molar-refractivity contribution in [2.75, 3.05) is 0 Å². The molecule has 0 aliphatic heterocycles. The Balaban J connectivity index is 0.000000561. The summed E-state index contributed by atoms with van der Waals surface area (Å²) in [4.78, 5) is 0. The molecule has 3 heteroatoms. The molecule has 1 unspecified atom stereocenters. The van der Waals surface area contributed by atoms with Crippen molar-refractivity contribution in [3.8, 4) is 0 Å².